The number of nitrogens with zero attached hydrogens (tertiary/aromatic N) is 8. The molecule has 6 rings (SSSR count). The first-order chi connectivity index (χ1) is 17.5. The van der Waals surface area contributed by atoms with E-state index in [2.05, 4.69) is 55.0 Å². The molecule has 1 unspecified atom stereocenters. The summed E-state index contributed by atoms with van der Waals surface area (Å²) >= 11 is 0. The molecular weight excluding hydrogens is 452 g/mol. The van der Waals surface area contributed by atoms with Crippen LogP contribution in [0.3, 0.4) is 0 Å². The van der Waals surface area contributed by atoms with Crippen LogP contribution in [-0.4, -0.2) is 67.8 Å². The van der Waals surface area contributed by atoms with Gasteiger partial charge in [-0.25, -0.2) is 19.6 Å². The van der Waals surface area contributed by atoms with E-state index >= 15 is 0 Å². The van der Waals surface area contributed by atoms with Gasteiger partial charge in [0.25, 0.3) is 0 Å². The van der Waals surface area contributed by atoms with Gasteiger partial charge in [0.05, 0.1) is 18.1 Å². The van der Waals surface area contributed by atoms with E-state index in [0.29, 0.717) is 18.3 Å². The van der Waals surface area contributed by atoms with Crippen molar-refractivity contribution in [1.29, 1.82) is 0 Å². The van der Waals surface area contributed by atoms with E-state index in [-0.39, 0.29) is 18.5 Å². The van der Waals surface area contributed by atoms with Gasteiger partial charge in [0, 0.05) is 50.4 Å². The molecule has 1 aliphatic carbocycles. The fourth-order valence-electron chi connectivity index (χ4n) is 5.60. The lowest BCUT2D eigenvalue weighted by Crippen LogP contribution is -2.55. The van der Waals surface area contributed by atoms with Crippen LogP contribution in [0.4, 0.5) is 11.4 Å². The maximum absolute atomic E-state index is 13.1. The number of piperazine rings is 1. The molecule has 2 aliphatic heterocycles. The van der Waals surface area contributed by atoms with E-state index in [1.807, 2.05) is 31.1 Å². The molecule has 0 radical (unpaired) electrons. The molecule has 1 saturated carbocycles. The second-order valence-corrected chi connectivity index (χ2v) is 10.4. The quantitative estimate of drug-likeness (QED) is 0.548. The normalized spacial score (nSPS) is 20.0. The smallest absolute Gasteiger partial charge is 0.244 e. The standard InChI is InChI=1S/C27H34N8O/c1-18-15-33(11-12-34(18)26(36)17-35-20(3)30-19(2)31-35)25-6-4-5-21-9-10-32(16-24(21)25)23-13-28-27(29-14-23)22-7-8-22/h4-6,13-14,18,22H,7-12,15-17H2,1-3H3. The van der Waals surface area contributed by atoms with E-state index in [0.717, 1.165) is 49.9 Å². The molecule has 3 aromatic rings. The van der Waals surface area contributed by atoms with E-state index < -0.39 is 0 Å². The molecule has 36 heavy (non-hydrogen) atoms. The Morgan fingerprint density at radius 2 is 1.86 bits per heavy atom. The molecule has 188 valence electrons. The van der Waals surface area contributed by atoms with E-state index in [1.165, 1.54) is 29.7 Å². The lowest BCUT2D eigenvalue weighted by molar-refractivity contribution is -0.134. The summed E-state index contributed by atoms with van der Waals surface area (Å²) in [7, 11) is 0. The number of fused-ring (bicyclic) bond motifs is 1. The number of rotatable bonds is 5. The Labute approximate surface area is 212 Å². The molecule has 9 heteroatoms. The van der Waals surface area contributed by atoms with Crippen LogP contribution in [0.25, 0.3) is 0 Å². The summed E-state index contributed by atoms with van der Waals surface area (Å²) in [5.41, 5.74) is 5.19. The van der Waals surface area contributed by atoms with Crippen molar-refractivity contribution in [2.24, 2.45) is 0 Å². The Balaban J connectivity index is 1.15. The molecule has 0 bridgehead atoms. The molecule has 9 nitrogen and oxygen atoms in total. The number of hydrogen-bond donors (Lipinski definition) is 0. The van der Waals surface area contributed by atoms with E-state index in [1.54, 1.807) is 4.68 Å². The molecule has 3 aliphatic rings. The number of carbonyl (C=O) groups is 1. The molecular formula is C27H34N8O. The average molecular weight is 487 g/mol. The van der Waals surface area contributed by atoms with Crippen LogP contribution in [0.1, 0.15) is 54.3 Å². The molecule has 1 saturated heterocycles. The summed E-state index contributed by atoms with van der Waals surface area (Å²) in [5, 5.41) is 4.36. The SMILES string of the molecule is Cc1nc(C)n(CC(=O)N2CCN(c3cccc4c3CN(c3cnc(C5CC5)nc3)CC4)CC2C)n1. The van der Waals surface area contributed by atoms with Gasteiger partial charge in [0.2, 0.25) is 5.91 Å². The lowest BCUT2D eigenvalue weighted by Gasteiger charge is -2.43. The Hall–Kier alpha value is -3.49. The van der Waals surface area contributed by atoms with Crippen LogP contribution in [0.15, 0.2) is 30.6 Å². The summed E-state index contributed by atoms with van der Waals surface area (Å²) in [6.07, 6.45) is 7.45. The van der Waals surface area contributed by atoms with Crippen molar-refractivity contribution in [3.05, 3.63) is 59.2 Å². The van der Waals surface area contributed by atoms with Gasteiger partial charge in [-0.3, -0.25) is 4.79 Å². The zero-order chi connectivity index (χ0) is 24.8. The minimum Gasteiger partial charge on any atom is -0.367 e. The maximum atomic E-state index is 13.1. The average Bonchev–Trinajstić information content (AvgIpc) is 3.68. The van der Waals surface area contributed by atoms with Gasteiger partial charge in [0.1, 0.15) is 24.0 Å². The maximum Gasteiger partial charge on any atom is 0.244 e. The van der Waals surface area contributed by atoms with Crippen molar-refractivity contribution < 1.29 is 4.79 Å². The third kappa shape index (κ3) is 4.42. The number of benzene rings is 1. The predicted molar refractivity (Wildman–Crippen MR) is 138 cm³/mol. The highest BCUT2D eigenvalue weighted by Crippen LogP contribution is 2.38. The Morgan fingerprint density at radius 1 is 1.06 bits per heavy atom. The fraction of sp³-hybridized carbons (Fsp3) is 0.519. The van der Waals surface area contributed by atoms with Gasteiger partial charge < -0.3 is 14.7 Å². The van der Waals surface area contributed by atoms with Crippen molar-refractivity contribution >= 4 is 17.3 Å². The van der Waals surface area contributed by atoms with Crippen molar-refractivity contribution in [2.75, 3.05) is 36.0 Å². The second-order valence-electron chi connectivity index (χ2n) is 10.4. The second kappa shape index (κ2) is 9.19. The minimum absolute atomic E-state index is 0.103. The monoisotopic (exact) mass is 486 g/mol. The molecule has 1 aromatic carbocycles. The Morgan fingerprint density at radius 3 is 2.56 bits per heavy atom. The highest BCUT2D eigenvalue weighted by Gasteiger charge is 2.31. The zero-order valence-corrected chi connectivity index (χ0v) is 21.4. The number of aryl methyl sites for hydroxylation is 2. The number of aromatic nitrogens is 5. The number of carbonyl (C=O) groups excluding carboxylic acids is 1. The summed E-state index contributed by atoms with van der Waals surface area (Å²) in [4.78, 5) is 33.5. The largest absolute Gasteiger partial charge is 0.367 e. The summed E-state index contributed by atoms with van der Waals surface area (Å²) < 4.78 is 1.71. The Kier molecular flexibility index (Phi) is 5.85. The molecule has 1 atom stereocenters. The first-order valence-electron chi connectivity index (χ1n) is 13.1. The van der Waals surface area contributed by atoms with Crippen LogP contribution in [0.2, 0.25) is 0 Å². The molecule has 0 N–H and O–H groups in total. The first kappa shape index (κ1) is 22.9. The van der Waals surface area contributed by atoms with E-state index in [9.17, 15) is 4.79 Å². The van der Waals surface area contributed by atoms with Crippen LogP contribution in [0.5, 0.6) is 0 Å². The van der Waals surface area contributed by atoms with Crippen LogP contribution in [0, 0.1) is 13.8 Å². The van der Waals surface area contributed by atoms with Crippen LogP contribution in [-0.2, 0) is 24.3 Å². The third-order valence-electron chi connectivity index (χ3n) is 7.75. The van der Waals surface area contributed by atoms with Crippen LogP contribution < -0.4 is 9.80 Å². The minimum atomic E-state index is 0.103. The fourth-order valence-corrected chi connectivity index (χ4v) is 5.60. The number of anilines is 2. The van der Waals surface area contributed by atoms with Crippen molar-refractivity contribution in [3.63, 3.8) is 0 Å². The topological polar surface area (TPSA) is 83.3 Å². The van der Waals surface area contributed by atoms with Gasteiger partial charge in [-0.05, 0) is 57.2 Å². The van der Waals surface area contributed by atoms with Gasteiger partial charge in [-0.2, -0.15) is 5.10 Å². The molecule has 2 aromatic heterocycles. The summed E-state index contributed by atoms with van der Waals surface area (Å²) in [6.45, 7) is 10.3. The third-order valence-corrected chi connectivity index (χ3v) is 7.75. The van der Waals surface area contributed by atoms with Gasteiger partial charge in [-0.1, -0.05) is 12.1 Å². The Bertz CT molecular complexity index is 1270. The van der Waals surface area contributed by atoms with Crippen molar-refractivity contribution in [1.82, 2.24) is 29.6 Å². The molecule has 1 amide bonds. The highest BCUT2D eigenvalue weighted by molar-refractivity contribution is 5.77. The first-order valence-corrected chi connectivity index (χ1v) is 13.1. The van der Waals surface area contributed by atoms with Gasteiger partial charge in [0.15, 0.2) is 0 Å². The van der Waals surface area contributed by atoms with Crippen molar-refractivity contribution in [3.8, 4) is 0 Å². The molecule has 2 fully saturated rings. The number of hydrogen-bond acceptors (Lipinski definition) is 7. The molecule has 4 heterocycles. The van der Waals surface area contributed by atoms with Crippen LogP contribution >= 0.6 is 0 Å². The van der Waals surface area contributed by atoms with Crippen molar-refractivity contribution in [2.45, 2.75) is 65.1 Å². The highest BCUT2D eigenvalue weighted by atomic mass is 16.2. The van der Waals surface area contributed by atoms with Gasteiger partial charge in [-0.15, -0.1) is 0 Å². The zero-order valence-electron chi connectivity index (χ0n) is 21.4. The lowest BCUT2D eigenvalue weighted by atomic mass is 9.96. The predicted octanol–water partition coefficient (Wildman–Crippen LogP) is 2.86. The van der Waals surface area contributed by atoms with E-state index in [4.69, 9.17) is 0 Å². The summed E-state index contributed by atoms with van der Waals surface area (Å²) in [6, 6.07) is 6.79. The van der Waals surface area contributed by atoms with Gasteiger partial charge >= 0.3 is 0 Å². The number of amides is 1. The summed E-state index contributed by atoms with van der Waals surface area (Å²) in [5.74, 6) is 3.15. The molecule has 0 spiro atoms.